The standard InChI is InChI=1S/C21H19F3N4O2/c1-13-5-6-16-18(27-15-4-2-3-14(11-15)21(22,23)24)17(12-25-19(16)26-13)20(29)28-7-9-30-10-8-28/h2-6,11-12H,7-10H2,1H3,(H,25,26,27). The van der Waals surface area contributed by atoms with E-state index < -0.39 is 11.7 Å². The van der Waals surface area contributed by atoms with Crippen molar-refractivity contribution in [1.29, 1.82) is 0 Å². The van der Waals surface area contributed by atoms with E-state index >= 15 is 0 Å². The molecule has 1 aliphatic rings. The molecular weight excluding hydrogens is 397 g/mol. The second-order valence-corrected chi connectivity index (χ2v) is 6.98. The lowest BCUT2D eigenvalue weighted by atomic mass is 10.1. The minimum Gasteiger partial charge on any atom is -0.378 e. The summed E-state index contributed by atoms with van der Waals surface area (Å²) in [4.78, 5) is 23.5. The van der Waals surface area contributed by atoms with Crippen LogP contribution < -0.4 is 5.32 Å². The number of amides is 1. The molecule has 0 spiro atoms. The Balaban J connectivity index is 1.80. The van der Waals surface area contributed by atoms with Crippen molar-refractivity contribution in [3.8, 4) is 0 Å². The van der Waals surface area contributed by atoms with Gasteiger partial charge in [0.25, 0.3) is 5.91 Å². The van der Waals surface area contributed by atoms with Crippen LogP contribution >= 0.6 is 0 Å². The number of alkyl halides is 3. The van der Waals surface area contributed by atoms with E-state index in [0.29, 0.717) is 43.0 Å². The number of hydrogen-bond acceptors (Lipinski definition) is 5. The molecule has 0 radical (unpaired) electrons. The Morgan fingerprint density at radius 1 is 1.17 bits per heavy atom. The molecule has 2 aromatic heterocycles. The number of benzene rings is 1. The van der Waals surface area contributed by atoms with Gasteiger partial charge in [-0.2, -0.15) is 13.2 Å². The fourth-order valence-electron chi connectivity index (χ4n) is 3.32. The largest absolute Gasteiger partial charge is 0.416 e. The van der Waals surface area contributed by atoms with E-state index in [9.17, 15) is 18.0 Å². The summed E-state index contributed by atoms with van der Waals surface area (Å²) in [6, 6.07) is 8.38. The summed E-state index contributed by atoms with van der Waals surface area (Å²) in [5, 5.41) is 3.56. The van der Waals surface area contributed by atoms with Crippen LogP contribution in [0.4, 0.5) is 24.5 Å². The van der Waals surface area contributed by atoms with Crippen LogP contribution in [0.1, 0.15) is 21.6 Å². The Morgan fingerprint density at radius 3 is 2.67 bits per heavy atom. The van der Waals surface area contributed by atoms with Crippen LogP contribution in [-0.2, 0) is 10.9 Å². The highest BCUT2D eigenvalue weighted by Gasteiger charge is 2.30. The fourth-order valence-corrected chi connectivity index (χ4v) is 3.32. The number of morpholine rings is 1. The number of ether oxygens (including phenoxy) is 1. The molecule has 6 nitrogen and oxygen atoms in total. The van der Waals surface area contributed by atoms with E-state index in [-0.39, 0.29) is 17.2 Å². The van der Waals surface area contributed by atoms with Crippen molar-refractivity contribution in [2.24, 2.45) is 0 Å². The van der Waals surface area contributed by atoms with Crippen LogP contribution in [0.2, 0.25) is 0 Å². The zero-order chi connectivity index (χ0) is 21.3. The van der Waals surface area contributed by atoms with E-state index in [1.54, 1.807) is 17.0 Å². The third-order valence-corrected chi connectivity index (χ3v) is 4.86. The number of rotatable bonds is 3. The average Bonchev–Trinajstić information content (AvgIpc) is 2.73. The molecule has 3 aromatic rings. The molecule has 4 rings (SSSR count). The van der Waals surface area contributed by atoms with Gasteiger partial charge in [-0.15, -0.1) is 0 Å². The Kier molecular flexibility index (Phi) is 5.29. The lowest BCUT2D eigenvalue weighted by Gasteiger charge is -2.27. The zero-order valence-electron chi connectivity index (χ0n) is 16.2. The molecule has 1 aliphatic heterocycles. The minimum absolute atomic E-state index is 0.217. The summed E-state index contributed by atoms with van der Waals surface area (Å²) in [5.41, 5.74) is 1.24. The Labute approximate surface area is 170 Å². The lowest BCUT2D eigenvalue weighted by molar-refractivity contribution is -0.137. The molecule has 1 amide bonds. The van der Waals surface area contributed by atoms with Crippen LogP contribution in [0.3, 0.4) is 0 Å². The molecule has 1 saturated heterocycles. The van der Waals surface area contributed by atoms with Crippen LogP contribution in [0.25, 0.3) is 11.0 Å². The predicted octanol–water partition coefficient (Wildman–Crippen LogP) is 4.17. The van der Waals surface area contributed by atoms with E-state index in [4.69, 9.17) is 4.74 Å². The van der Waals surface area contributed by atoms with Gasteiger partial charge in [-0.1, -0.05) is 6.07 Å². The number of pyridine rings is 2. The van der Waals surface area contributed by atoms with Gasteiger partial charge in [0.1, 0.15) is 0 Å². The molecule has 0 bridgehead atoms. The van der Waals surface area contributed by atoms with Crippen LogP contribution in [0.5, 0.6) is 0 Å². The van der Waals surface area contributed by atoms with Crippen molar-refractivity contribution in [2.45, 2.75) is 13.1 Å². The fraction of sp³-hybridized carbons (Fsp3) is 0.286. The molecule has 9 heteroatoms. The third kappa shape index (κ3) is 4.06. The number of hydrogen-bond donors (Lipinski definition) is 1. The number of carbonyl (C=O) groups is 1. The van der Waals surface area contributed by atoms with Crippen molar-refractivity contribution >= 4 is 28.3 Å². The van der Waals surface area contributed by atoms with E-state index in [1.807, 2.05) is 6.92 Å². The first-order valence-electron chi connectivity index (χ1n) is 9.40. The first kappa shape index (κ1) is 20.1. The summed E-state index contributed by atoms with van der Waals surface area (Å²) in [6.07, 6.45) is -3.05. The Morgan fingerprint density at radius 2 is 1.93 bits per heavy atom. The second-order valence-electron chi connectivity index (χ2n) is 6.98. The summed E-state index contributed by atoms with van der Waals surface area (Å²) in [7, 11) is 0. The minimum atomic E-state index is -4.47. The summed E-state index contributed by atoms with van der Waals surface area (Å²) < 4.78 is 44.7. The topological polar surface area (TPSA) is 67.4 Å². The van der Waals surface area contributed by atoms with Crippen molar-refractivity contribution in [3.63, 3.8) is 0 Å². The smallest absolute Gasteiger partial charge is 0.378 e. The van der Waals surface area contributed by atoms with Crippen molar-refractivity contribution in [3.05, 3.63) is 59.4 Å². The predicted molar refractivity (Wildman–Crippen MR) is 106 cm³/mol. The molecule has 1 N–H and O–H groups in total. The molecular formula is C21H19F3N4O2. The number of fused-ring (bicyclic) bond motifs is 1. The van der Waals surface area contributed by atoms with E-state index in [2.05, 4.69) is 15.3 Å². The molecule has 156 valence electrons. The van der Waals surface area contributed by atoms with Gasteiger partial charge in [0.05, 0.1) is 30.0 Å². The normalized spacial score (nSPS) is 14.7. The van der Waals surface area contributed by atoms with Crippen molar-refractivity contribution in [2.75, 3.05) is 31.6 Å². The van der Waals surface area contributed by atoms with Gasteiger partial charge in [0, 0.05) is 36.1 Å². The van der Waals surface area contributed by atoms with Crippen molar-refractivity contribution < 1.29 is 22.7 Å². The summed E-state index contributed by atoms with van der Waals surface area (Å²) in [5.74, 6) is -0.261. The lowest BCUT2D eigenvalue weighted by Crippen LogP contribution is -2.41. The Bertz CT molecular complexity index is 1100. The van der Waals surface area contributed by atoms with Gasteiger partial charge < -0.3 is 15.0 Å². The molecule has 1 fully saturated rings. The average molecular weight is 416 g/mol. The van der Waals surface area contributed by atoms with Crippen LogP contribution in [0.15, 0.2) is 42.6 Å². The highest BCUT2D eigenvalue weighted by Crippen LogP contribution is 2.34. The number of aryl methyl sites for hydroxylation is 1. The summed E-state index contributed by atoms with van der Waals surface area (Å²) in [6.45, 7) is 3.56. The first-order chi connectivity index (χ1) is 14.3. The molecule has 0 saturated carbocycles. The second kappa shape index (κ2) is 7.91. The number of carbonyl (C=O) groups excluding carboxylic acids is 1. The highest BCUT2D eigenvalue weighted by molar-refractivity contribution is 6.07. The van der Waals surface area contributed by atoms with Gasteiger partial charge in [-0.05, 0) is 37.3 Å². The molecule has 3 heterocycles. The monoisotopic (exact) mass is 416 g/mol. The molecule has 0 aliphatic carbocycles. The number of anilines is 2. The molecule has 0 atom stereocenters. The first-order valence-corrected chi connectivity index (χ1v) is 9.40. The van der Waals surface area contributed by atoms with Gasteiger partial charge in [-0.3, -0.25) is 4.79 Å². The number of nitrogens with one attached hydrogen (secondary N) is 1. The number of aromatic nitrogens is 2. The third-order valence-electron chi connectivity index (χ3n) is 4.86. The zero-order valence-corrected chi connectivity index (χ0v) is 16.2. The SMILES string of the molecule is Cc1ccc2c(Nc3cccc(C(F)(F)F)c3)c(C(=O)N3CCOCC3)cnc2n1. The van der Waals surface area contributed by atoms with Gasteiger partial charge in [0.2, 0.25) is 0 Å². The van der Waals surface area contributed by atoms with Gasteiger partial charge in [0.15, 0.2) is 5.65 Å². The van der Waals surface area contributed by atoms with E-state index in [1.165, 1.54) is 18.3 Å². The van der Waals surface area contributed by atoms with Gasteiger partial charge in [-0.25, -0.2) is 9.97 Å². The van der Waals surface area contributed by atoms with Crippen LogP contribution in [0, 0.1) is 6.92 Å². The molecule has 30 heavy (non-hydrogen) atoms. The van der Waals surface area contributed by atoms with Crippen LogP contribution in [-0.4, -0.2) is 47.1 Å². The summed E-state index contributed by atoms with van der Waals surface area (Å²) >= 11 is 0. The number of halogens is 3. The maximum Gasteiger partial charge on any atom is 0.416 e. The Hall–Kier alpha value is -3.20. The molecule has 1 aromatic carbocycles. The maximum atomic E-state index is 13.1. The molecule has 0 unspecified atom stereocenters. The van der Waals surface area contributed by atoms with Gasteiger partial charge >= 0.3 is 6.18 Å². The quantitative estimate of drug-likeness (QED) is 0.694. The number of nitrogens with zero attached hydrogens (tertiary/aromatic N) is 3. The maximum absolute atomic E-state index is 13.1. The highest BCUT2D eigenvalue weighted by atomic mass is 19.4. The van der Waals surface area contributed by atoms with E-state index in [0.717, 1.165) is 17.8 Å². The van der Waals surface area contributed by atoms with Crippen molar-refractivity contribution in [1.82, 2.24) is 14.9 Å².